The number of rotatable bonds is 8. The number of aromatic nitrogens is 1. The molecule has 0 atom stereocenters. The number of aryl methyl sites for hydroxylation is 1. The van der Waals surface area contributed by atoms with E-state index < -0.39 is 5.82 Å². The summed E-state index contributed by atoms with van der Waals surface area (Å²) in [5, 5.41) is 3.98. The van der Waals surface area contributed by atoms with E-state index in [1.165, 1.54) is 18.2 Å². The predicted octanol–water partition coefficient (Wildman–Crippen LogP) is 1.40. The van der Waals surface area contributed by atoms with Gasteiger partial charge >= 0.3 is 0 Å². The summed E-state index contributed by atoms with van der Waals surface area (Å²) in [6.07, 6.45) is 0.276. The fourth-order valence-corrected chi connectivity index (χ4v) is 3.78. The van der Waals surface area contributed by atoms with Gasteiger partial charge in [0.2, 0.25) is 0 Å². The number of halogens is 1. The van der Waals surface area contributed by atoms with E-state index in [4.69, 9.17) is 0 Å². The topological polar surface area (TPSA) is 77.6 Å². The van der Waals surface area contributed by atoms with Gasteiger partial charge in [0.25, 0.3) is 11.8 Å². The first kappa shape index (κ1) is 20.9. The number of hydrogen-bond donors (Lipinski definition) is 2. The molecule has 0 unspecified atom stereocenters. The Morgan fingerprint density at radius 3 is 2.66 bits per heavy atom. The highest BCUT2D eigenvalue weighted by Gasteiger charge is 2.23. The number of H-pyrrole nitrogens is 1. The van der Waals surface area contributed by atoms with E-state index >= 15 is 0 Å². The van der Waals surface area contributed by atoms with Crippen LogP contribution >= 0.6 is 0 Å². The van der Waals surface area contributed by atoms with Crippen LogP contribution in [0.15, 0.2) is 23.2 Å². The molecule has 0 fully saturated rings. The fraction of sp³-hybridized carbons (Fsp3) is 0.409. The van der Waals surface area contributed by atoms with Gasteiger partial charge in [-0.15, -0.1) is 0 Å². The first-order chi connectivity index (χ1) is 13.8. The Labute approximate surface area is 169 Å². The molecular weight excluding hydrogens is 371 g/mol. The second kappa shape index (κ2) is 8.69. The molecule has 1 aliphatic rings. The molecule has 6 nitrogen and oxygen atoms in total. The van der Waals surface area contributed by atoms with Crippen molar-refractivity contribution in [1.29, 1.82) is 0 Å². The average molecular weight is 398 g/mol. The zero-order chi connectivity index (χ0) is 21.1. The van der Waals surface area contributed by atoms with Crippen molar-refractivity contribution < 1.29 is 14.0 Å². The SMILES string of the molecule is CCN(CC)CCNC(=O)c1c(C)[nH]c(CC2=c3cc(F)ccc3=NC2=O)c1C. The van der Waals surface area contributed by atoms with Gasteiger partial charge in [-0.05, 0) is 50.7 Å². The summed E-state index contributed by atoms with van der Waals surface area (Å²) in [5.41, 5.74) is 3.36. The number of carbonyl (C=O) groups excluding carboxylic acids is 2. The summed E-state index contributed by atoms with van der Waals surface area (Å²) in [6.45, 7) is 11.1. The summed E-state index contributed by atoms with van der Waals surface area (Å²) < 4.78 is 13.7. The van der Waals surface area contributed by atoms with Crippen LogP contribution in [-0.2, 0) is 11.2 Å². The summed E-state index contributed by atoms with van der Waals surface area (Å²) in [4.78, 5) is 34.5. The largest absolute Gasteiger partial charge is 0.361 e. The van der Waals surface area contributed by atoms with Crippen LogP contribution in [0.1, 0.15) is 41.2 Å². The number of carbonyl (C=O) groups is 2. The quantitative estimate of drug-likeness (QED) is 0.706. The molecule has 2 amide bonds. The predicted molar refractivity (Wildman–Crippen MR) is 110 cm³/mol. The Morgan fingerprint density at radius 1 is 1.24 bits per heavy atom. The molecule has 29 heavy (non-hydrogen) atoms. The maximum absolute atomic E-state index is 13.7. The first-order valence-electron chi connectivity index (χ1n) is 9.96. The molecule has 0 saturated heterocycles. The number of hydrogen-bond acceptors (Lipinski definition) is 3. The lowest BCUT2D eigenvalue weighted by molar-refractivity contribution is -0.112. The van der Waals surface area contributed by atoms with Gasteiger partial charge in [0.1, 0.15) is 5.82 Å². The molecule has 0 radical (unpaired) electrons. The summed E-state index contributed by atoms with van der Waals surface area (Å²) in [7, 11) is 0. The van der Waals surface area contributed by atoms with E-state index in [-0.39, 0.29) is 18.2 Å². The van der Waals surface area contributed by atoms with Crippen molar-refractivity contribution in [2.24, 2.45) is 4.99 Å². The molecular formula is C22H27FN4O2. The van der Waals surface area contributed by atoms with Crippen LogP contribution in [0.3, 0.4) is 0 Å². The highest BCUT2D eigenvalue weighted by Crippen LogP contribution is 2.21. The van der Waals surface area contributed by atoms with Crippen molar-refractivity contribution in [3.63, 3.8) is 0 Å². The Balaban J connectivity index is 1.82. The standard InChI is InChI=1S/C22H27FN4O2/c1-5-27(6-2)10-9-24-22(29)20-13(3)19(25-14(20)4)12-17-16-11-15(23)7-8-18(16)26-21(17)28/h7-8,11,25H,5-6,9-10,12H2,1-4H3,(H,24,29). The third-order valence-electron chi connectivity index (χ3n) is 5.49. The Bertz CT molecular complexity index is 1070. The molecule has 2 heterocycles. The minimum Gasteiger partial charge on any atom is -0.361 e. The third kappa shape index (κ3) is 4.29. The Morgan fingerprint density at radius 2 is 1.97 bits per heavy atom. The van der Waals surface area contributed by atoms with E-state index in [1.54, 1.807) is 0 Å². The molecule has 0 saturated carbocycles. The Hall–Kier alpha value is -2.80. The molecule has 7 heteroatoms. The number of fused-ring (bicyclic) bond motifs is 1. The maximum atomic E-state index is 13.7. The van der Waals surface area contributed by atoms with Crippen molar-refractivity contribution >= 4 is 17.4 Å². The zero-order valence-corrected chi connectivity index (χ0v) is 17.4. The van der Waals surface area contributed by atoms with E-state index in [0.29, 0.717) is 28.3 Å². The number of nitrogens with zero attached hydrogens (tertiary/aromatic N) is 2. The van der Waals surface area contributed by atoms with Crippen LogP contribution in [0, 0.1) is 19.7 Å². The molecule has 154 valence electrons. The highest BCUT2D eigenvalue weighted by atomic mass is 19.1. The van der Waals surface area contributed by atoms with Crippen LogP contribution in [0.5, 0.6) is 0 Å². The summed E-state index contributed by atoms with van der Waals surface area (Å²) in [5.74, 6) is -0.894. The van der Waals surface area contributed by atoms with E-state index in [2.05, 4.69) is 34.0 Å². The van der Waals surface area contributed by atoms with Crippen LogP contribution in [0.25, 0.3) is 5.57 Å². The smallest absolute Gasteiger partial charge is 0.274 e. The molecule has 2 N–H and O–H groups in total. The number of nitrogens with one attached hydrogen (secondary N) is 2. The summed E-state index contributed by atoms with van der Waals surface area (Å²) >= 11 is 0. The van der Waals surface area contributed by atoms with Crippen molar-refractivity contribution in [2.75, 3.05) is 26.2 Å². The van der Waals surface area contributed by atoms with Crippen LogP contribution in [-0.4, -0.2) is 47.9 Å². The molecule has 1 aliphatic heterocycles. The molecule has 0 aliphatic carbocycles. The monoisotopic (exact) mass is 398 g/mol. The van der Waals surface area contributed by atoms with E-state index in [9.17, 15) is 14.0 Å². The van der Waals surface area contributed by atoms with Crippen molar-refractivity contribution in [3.05, 3.63) is 57.1 Å². The lowest BCUT2D eigenvalue weighted by atomic mass is 10.0. The molecule has 1 aromatic heterocycles. The average Bonchev–Trinajstić information content (AvgIpc) is 3.14. The van der Waals surface area contributed by atoms with Gasteiger partial charge in [-0.2, -0.15) is 0 Å². The second-order valence-electron chi connectivity index (χ2n) is 7.25. The number of aromatic amines is 1. The first-order valence-corrected chi connectivity index (χ1v) is 9.96. The Kier molecular flexibility index (Phi) is 6.27. The van der Waals surface area contributed by atoms with Gasteiger partial charge in [0, 0.05) is 41.7 Å². The number of amides is 2. The van der Waals surface area contributed by atoms with Gasteiger partial charge in [-0.1, -0.05) is 13.8 Å². The normalized spacial score (nSPS) is 13.0. The van der Waals surface area contributed by atoms with Crippen LogP contribution in [0.4, 0.5) is 4.39 Å². The second-order valence-corrected chi connectivity index (χ2v) is 7.25. The van der Waals surface area contributed by atoms with Crippen LogP contribution in [0.2, 0.25) is 0 Å². The lowest BCUT2D eigenvalue weighted by Crippen LogP contribution is -2.35. The molecule has 3 rings (SSSR count). The van der Waals surface area contributed by atoms with Crippen molar-refractivity contribution in [3.8, 4) is 0 Å². The van der Waals surface area contributed by atoms with Gasteiger partial charge in [-0.25, -0.2) is 9.38 Å². The van der Waals surface area contributed by atoms with E-state index in [0.717, 1.165) is 36.6 Å². The van der Waals surface area contributed by atoms with Crippen LogP contribution < -0.4 is 15.9 Å². The van der Waals surface area contributed by atoms with Gasteiger partial charge in [0.05, 0.1) is 10.9 Å². The van der Waals surface area contributed by atoms with Crippen molar-refractivity contribution in [1.82, 2.24) is 15.2 Å². The molecule has 0 bridgehead atoms. The number of likely N-dealkylation sites (N-methyl/N-ethyl adjacent to an activating group) is 1. The number of benzene rings is 1. The zero-order valence-electron chi connectivity index (χ0n) is 17.4. The minimum absolute atomic E-state index is 0.131. The van der Waals surface area contributed by atoms with Crippen molar-refractivity contribution in [2.45, 2.75) is 34.1 Å². The third-order valence-corrected chi connectivity index (χ3v) is 5.49. The highest BCUT2D eigenvalue weighted by molar-refractivity contribution is 6.15. The lowest BCUT2D eigenvalue weighted by Gasteiger charge is -2.18. The van der Waals surface area contributed by atoms with E-state index in [1.807, 2.05) is 13.8 Å². The molecule has 2 aromatic rings. The van der Waals surface area contributed by atoms with Gasteiger partial charge < -0.3 is 15.2 Å². The maximum Gasteiger partial charge on any atom is 0.274 e. The summed E-state index contributed by atoms with van der Waals surface area (Å²) in [6, 6.07) is 4.14. The van der Waals surface area contributed by atoms with Gasteiger partial charge in [-0.3, -0.25) is 9.59 Å². The fourth-order valence-electron chi connectivity index (χ4n) is 3.78. The molecule has 1 aromatic carbocycles. The van der Waals surface area contributed by atoms with Gasteiger partial charge in [0.15, 0.2) is 0 Å². The minimum atomic E-state index is -0.404. The molecule has 0 spiro atoms.